The number of alkyl halides is 3. The van der Waals surface area contributed by atoms with Crippen molar-refractivity contribution in [3.05, 3.63) is 17.3 Å². The van der Waals surface area contributed by atoms with Gasteiger partial charge in [0.05, 0.1) is 11.7 Å². The summed E-state index contributed by atoms with van der Waals surface area (Å²) in [7, 11) is 0. The smallest absolute Gasteiger partial charge is 0.422 e. The van der Waals surface area contributed by atoms with Gasteiger partial charge in [-0.1, -0.05) is 0 Å². The lowest BCUT2D eigenvalue weighted by Crippen LogP contribution is -2.40. The van der Waals surface area contributed by atoms with Crippen LogP contribution in [0, 0.1) is 6.92 Å². The highest BCUT2D eigenvalue weighted by atomic mass is 32.2. The number of hydrogen-bond donors (Lipinski definition) is 1. The minimum atomic E-state index is -4.43. The molecule has 0 spiro atoms. The topological polar surface area (TPSA) is 70.1 Å². The van der Waals surface area contributed by atoms with E-state index in [1.807, 2.05) is 20.8 Å². The van der Waals surface area contributed by atoms with Crippen LogP contribution in [0.15, 0.2) is 6.07 Å². The number of aryl methyl sites for hydroxylation is 1. The summed E-state index contributed by atoms with van der Waals surface area (Å²) >= 11 is -1.29. The highest BCUT2D eigenvalue weighted by molar-refractivity contribution is 7.90. The second-order valence-corrected chi connectivity index (χ2v) is 7.88. The summed E-state index contributed by atoms with van der Waals surface area (Å²) in [5.41, 5.74) is 0.916. The third-order valence-electron chi connectivity index (χ3n) is 2.61. The van der Waals surface area contributed by atoms with Crippen molar-refractivity contribution in [3.63, 3.8) is 0 Å². The fraction of sp³-hybridized carbons (Fsp3) is 0.692. The fourth-order valence-electron chi connectivity index (χ4n) is 1.40. The predicted octanol–water partition coefficient (Wildman–Crippen LogP) is 2.84. The molecule has 0 bridgehead atoms. The van der Waals surface area contributed by atoms with Crippen molar-refractivity contribution in [1.29, 1.82) is 0 Å². The molecule has 0 saturated carbocycles. The average molecular weight is 339 g/mol. The van der Waals surface area contributed by atoms with E-state index >= 15 is 0 Å². The van der Waals surface area contributed by atoms with Crippen LogP contribution in [-0.2, 0) is 11.4 Å². The number of rotatable bonds is 5. The van der Waals surface area contributed by atoms with E-state index in [9.17, 15) is 17.7 Å². The summed E-state index contributed by atoms with van der Waals surface area (Å²) in [4.78, 5) is 0. The standard InChI is InChI=1S/C13H20F3N3O2S/c1-8-6-10(9(2)19-22(20)12(3,4)5)17-18-11(8)21-7-13(14,15)16/h6,9,19H,7H2,1-5H3/t9-,22?/m1/s1. The number of nitrogens with zero attached hydrogens (tertiary/aromatic N) is 2. The van der Waals surface area contributed by atoms with E-state index in [1.54, 1.807) is 19.9 Å². The molecule has 1 N–H and O–H groups in total. The first-order valence-electron chi connectivity index (χ1n) is 6.62. The SMILES string of the molecule is Cc1cc([C@@H](C)N[S+]([O-])C(C)(C)C)nnc1OCC(F)(F)F. The van der Waals surface area contributed by atoms with Gasteiger partial charge in [-0.2, -0.15) is 18.3 Å². The van der Waals surface area contributed by atoms with E-state index in [0.29, 0.717) is 11.3 Å². The molecule has 0 aliphatic heterocycles. The lowest BCUT2D eigenvalue weighted by molar-refractivity contribution is -0.154. The molecule has 9 heteroatoms. The van der Waals surface area contributed by atoms with Gasteiger partial charge in [-0.25, -0.2) is 0 Å². The van der Waals surface area contributed by atoms with Gasteiger partial charge in [0.15, 0.2) is 6.61 Å². The van der Waals surface area contributed by atoms with Gasteiger partial charge >= 0.3 is 6.18 Å². The Kier molecular flexibility index (Phi) is 6.05. The highest BCUT2D eigenvalue weighted by Gasteiger charge is 2.30. The van der Waals surface area contributed by atoms with Crippen LogP contribution >= 0.6 is 0 Å². The van der Waals surface area contributed by atoms with Crippen molar-refractivity contribution in [2.45, 2.75) is 51.6 Å². The largest absolute Gasteiger partial charge is 0.598 e. The molecule has 1 rings (SSSR count). The van der Waals surface area contributed by atoms with Gasteiger partial charge in [0.25, 0.3) is 0 Å². The number of halogens is 3. The Morgan fingerprint density at radius 2 is 1.91 bits per heavy atom. The molecule has 22 heavy (non-hydrogen) atoms. The van der Waals surface area contributed by atoms with Crippen molar-refractivity contribution in [2.24, 2.45) is 0 Å². The second kappa shape index (κ2) is 7.01. The van der Waals surface area contributed by atoms with Crippen LogP contribution in [-0.4, -0.2) is 32.3 Å². The predicted molar refractivity (Wildman–Crippen MR) is 77.8 cm³/mol. The number of ether oxygens (including phenoxy) is 1. The molecule has 0 saturated heterocycles. The minimum Gasteiger partial charge on any atom is -0.598 e. The molecule has 1 aromatic rings. The molecule has 126 valence electrons. The van der Waals surface area contributed by atoms with E-state index in [1.165, 1.54) is 0 Å². The maximum atomic E-state index is 12.1. The zero-order chi connectivity index (χ0) is 17.1. The van der Waals surface area contributed by atoms with Crippen LogP contribution in [0.1, 0.15) is 45.0 Å². The van der Waals surface area contributed by atoms with Crippen LogP contribution in [0.5, 0.6) is 5.88 Å². The number of aromatic nitrogens is 2. The van der Waals surface area contributed by atoms with Crippen molar-refractivity contribution < 1.29 is 22.5 Å². The van der Waals surface area contributed by atoms with E-state index in [2.05, 4.69) is 19.7 Å². The van der Waals surface area contributed by atoms with Crippen LogP contribution in [0.25, 0.3) is 0 Å². The zero-order valence-corrected chi connectivity index (χ0v) is 13.9. The molecular formula is C13H20F3N3O2S. The molecule has 0 radical (unpaired) electrons. The number of nitrogens with one attached hydrogen (secondary N) is 1. The van der Waals surface area contributed by atoms with Gasteiger partial charge in [0.1, 0.15) is 4.75 Å². The van der Waals surface area contributed by atoms with Crippen molar-refractivity contribution in [3.8, 4) is 5.88 Å². The molecule has 0 aromatic carbocycles. The first-order valence-corrected chi connectivity index (χ1v) is 7.77. The molecule has 2 atom stereocenters. The summed E-state index contributed by atoms with van der Waals surface area (Å²) in [5, 5.41) is 7.50. The van der Waals surface area contributed by atoms with Crippen LogP contribution in [0.3, 0.4) is 0 Å². The van der Waals surface area contributed by atoms with Crippen molar-refractivity contribution in [2.75, 3.05) is 6.61 Å². The highest BCUT2D eigenvalue weighted by Crippen LogP contribution is 2.22. The van der Waals surface area contributed by atoms with E-state index in [0.717, 1.165) is 0 Å². The molecule has 1 heterocycles. The first-order chi connectivity index (χ1) is 9.90. The lowest BCUT2D eigenvalue weighted by Gasteiger charge is -2.26. The third-order valence-corrected chi connectivity index (χ3v) is 4.29. The third kappa shape index (κ3) is 5.98. The second-order valence-electron chi connectivity index (χ2n) is 5.88. The quantitative estimate of drug-likeness (QED) is 0.836. The summed E-state index contributed by atoms with van der Waals surface area (Å²) < 4.78 is 55.4. The molecule has 5 nitrogen and oxygen atoms in total. The normalized spacial score (nSPS) is 15.5. The number of hydrogen-bond acceptors (Lipinski definition) is 5. The summed E-state index contributed by atoms with van der Waals surface area (Å²) in [5.74, 6) is -0.162. The Bertz CT molecular complexity index is 506. The lowest BCUT2D eigenvalue weighted by atomic mass is 10.2. The summed E-state index contributed by atoms with van der Waals surface area (Å²) in [6.45, 7) is 7.40. The molecule has 0 aliphatic rings. The average Bonchev–Trinajstić information content (AvgIpc) is 2.34. The molecule has 0 amide bonds. The maximum absolute atomic E-state index is 12.1. The van der Waals surface area contributed by atoms with Crippen molar-refractivity contribution in [1.82, 2.24) is 14.9 Å². The maximum Gasteiger partial charge on any atom is 0.422 e. The Balaban J connectivity index is 2.76. The monoisotopic (exact) mass is 339 g/mol. The minimum absolute atomic E-state index is 0.162. The molecule has 0 aliphatic carbocycles. The molecule has 1 unspecified atom stereocenters. The summed E-state index contributed by atoms with van der Waals surface area (Å²) in [6.07, 6.45) is -4.43. The van der Waals surface area contributed by atoms with Gasteiger partial charge in [-0.05, 0) is 40.7 Å². The van der Waals surface area contributed by atoms with Gasteiger partial charge < -0.3 is 9.29 Å². The van der Waals surface area contributed by atoms with Gasteiger partial charge in [-0.15, -0.1) is 9.82 Å². The Morgan fingerprint density at radius 1 is 1.32 bits per heavy atom. The van der Waals surface area contributed by atoms with Gasteiger partial charge in [0, 0.05) is 16.9 Å². The molecular weight excluding hydrogens is 319 g/mol. The molecule has 0 fully saturated rings. The zero-order valence-electron chi connectivity index (χ0n) is 13.1. The van der Waals surface area contributed by atoms with Gasteiger partial charge in [0.2, 0.25) is 5.88 Å². The fourth-order valence-corrected chi connectivity index (χ4v) is 2.19. The van der Waals surface area contributed by atoms with Gasteiger partial charge in [-0.3, -0.25) is 0 Å². The Labute approximate surface area is 131 Å². The Morgan fingerprint density at radius 3 is 2.36 bits per heavy atom. The van der Waals surface area contributed by atoms with Crippen LogP contribution in [0.4, 0.5) is 13.2 Å². The van der Waals surface area contributed by atoms with E-state index in [4.69, 9.17) is 0 Å². The first kappa shape index (κ1) is 19.0. The van der Waals surface area contributed by atoms with Crippen LogP contribution < -0.4 is 9.46 Å². The Hall–Kier alpha value is -1.06. The van der Waals surface area contributed by atoms with E-state index in [-0.39, 0.29) is 11.9 Å². The van der Waals surface area contributed by atoms with Crippen LogP contribution in [0.2, 0.25) is 0 Å². The summed E-state index contributed by atoms with van der Waals surface area (Å²) in [6, 6.07) is 1.21. The van der Waals surface area contributed by atoms with E-state index < -0.39 is 28.9 Å². The van der Waals surface area contributed by atoms with Crippen molar-refractivity contribution >= 4 is 11.4 Å². The molecule has 1 aromatic heterocycles.